The molecule has 2 heteroatoms. The molecule has 1 nitrogen and oxygen atoms in total. The minimum atomic E-state index is -0.394. The highest BCUT2D eigenvalue weighted by molar-refractivity contribution is 9.10. The number of fused-ring (bicyclic) bond motifs is 3. The molecule has 158 valence electrons. The van der Waals surface area contributed by atoms with Crippen molar-refractivity contribution in [1.29, 1.82) is 0 Å². The lowest BCUT2D eigenvalue weighted by Gasteiger charge is -2.34. The van der Waals surface area contributed by atoms with Crippen LogP contribution in [0.4, 0.5) is 5.69 Å². The largest absolute Gasteiger partial charge is 0.398 e. The minimum absolute atomic E-state index is 0.394. The van der Waals surface area contributed by atoms with E-state index in [2.05, 4.69) is 131 Å². The number of nitrogens with two attached hydrogens (primary N) is 1. The Hall–Kier alpha value is -3.62. The predicted octanol–water partition coefficient (Wildman–Crippen LogP) is 8.06. The van der Waals surface area contributed by atoms with E-state index in [0.29, 0.717) is 0 Å². The van der Waals surface area contributed by atoms with Crippen molar-refractivity contribution in [1.82, 2.24) is 0 Å². The molecule has 0 saturated carbocycles. The van der Waals surface area contributed by atoms with Crippen LogP contribution in [0.1, 0.15) is 22.3 Å². The highest BCUT2D eigenvalue weighted by atomic mass is 79.9. The first-order valence-corrected chi connectivity index (χ1v) is 11.9. The van der Waals surface area contributed by atoms with E-state index < -0.39 is 5.41 Å². The lowest BCUT2D eigenvalue weighted by Crippen LogP contribution is -2.28. The van der Waals surface area contributed by atoms with E-state index in [1.165, 1.54) is 33.4 Å². The maximum Gasteiger partial charge on any atom is 0.0713 e. The fourth-order valence-electron chi connectivity index (χ4n) is 5.41. The Kier molecular flexibility index (Phi) is 4.70. The molecule has 0 spiro atoms. The Bertz CT molecular complexity index is 1430. The second-order valence-electron chi connectivity index (χ2n) is 8.52. The second kappa shape index (κ2) is 7.75. The summed E-state index contributed by atoms with van der Waals surface area (Å²) in [5.74, 6) is 0. The van der Waals surface area contributed by atoms with Crippen LogP contribution in [0.3, 0.4) is 0 Å². The van der Waals surface area contributed by atoms with Gasteiger partial charge in [0.15, 0.2) is 0 Å². The monoisotopic (exact) mass is 487 g/mol. The maximum absolute atomic E-state index is 6.44. The van der Waals surface area contributed by atoms with Gasteiger partial charge in [0.1, 0.15) is 0 Å². The Morgan fingerprint density at radius 3 is 1.76 bits per heavy atom. The molecule has 0 amide bonds. The molecule has 5 aromatic carbocycles. The molecule has 0 radical (unpaired) electrons. The summed E-state index contributed by atoms with van der Waals surface area (Å²) in [7, 11) is 0. The molecule has 0 unspecified atom stereocenters. The van der Waals surface area contributed by atoms with E-state index in [1.807, 2.05) is 6.07 Å². The lowest BCUT2D eigenvalue weighted by atomic mass is 9.67. The summed E-state index contributed by atoms with van der Waals surface area (Å²) < 4.78 is 0.986. The van der Waals surface area contributed by atoms with Crippen LogP contribution in [-0.4, -0.2) is 0 Å². The van der Waals surface area contributed by atoms with Crippen LogP contribution in [0.5, 0.6) is 0 Å². The van der Waals surface area contributed by atoms with Gasteiger partial charge in [0.2, 0.25) is 0 Å². The molecular formula is C31H22BrN. The molecular weight excluding hydrogens is 466 g/mol. The zero-order valence-corrected chi connectivity index (χ0v) is 19.6. The predicted molar refractivity (Wildman–Crippen MR) is 141 cm³/mol. The van der Waals surface area contributed by atoms with Gasteiger partial charge in [0.25, 0.3) is 0 Å². The topological polar surface area (TPSA) is 26.0 Å². The first-order chi connectivity index (χ1) is 16.2. The van der Waals surface area contributed by atoms with Crippen molar-refractivity contribution in [2.24, 2.45) is 0 Å². The summed E-state index contributed by atoms with van der Waals surface area (Å²) in [6, 6.07) is 43.4. The van der Waals surface area contributed by atoms with Crippen molar-refractivity contribution in [2.45, 2.75) is 5.41 Å². The standard InChI is InChI=1S/C31H22BrN/c32-24-16-18-25(30(33)20-24)21-15-17-27-26-13-7-8-14-28(26)31(29(27)19-21,22-9-3-1-4-10-22)23-11-5-2-6-12-23/h1-20H,33H2. The van der Waals surface area contributed by atoms with Crippen LogP contribution in [-0.2, 0) is 5.41 Å². The van der Waals surface area contributed by atoms with Gasteiger partial charge in [-0.2, -0.15) is 0 Å². The van der Waals surface area contributed by atoms with E-state index >= 15 is 0 Å². The number of rotatable bonds is 3. The number of hydrogen-bond acceptors (Lipinski definition) is 1. The SMILES string of the molecule is Nc1cc(Br)ccc1-c1ccc2c(c1)C(c1ccccc1)(c1ccccc1)c1ccccc1-2. The molecule has 1 aliphatic rings. The average molecular weight is 488 g/mol. The zero-order chi connectivity index (χ0) is 22.4. The average Bonchev–Trinajstić information content (AvgIpc) is 3.16. The summed E-state index contributed by atoms with van der Waals surface area (Å²) in [4.78, 5) is 0. The van der Waals surface area contributed by atoms with E-state index in [4.69, 9.17) is 5.73 Å². The Morgan fingerprint density at radius 2 is 1.09 bits per heavy atom. The highest BCUT2D eigenvalue weighted by Gasteiger charge is 2.45. The normalized spacial score (nSPS) is 13.4. The molecule has 0 heterocycles. The van der Waals surface area contributed by atoms with Gasteiger partial charge in [-0.25, -0.2) is 0 Å². The zero-order valence-electron chi connectivity index (χ0n) is 18.0. The van der Waals surface area contributed by atoms with Gasteiger partial charge in [-0.05, 0) is 57.1 Å². The first kappa shape index (κ1) is 20.0. The first-order valence-electron chi connectivity index (χ1n) is 11.1. The minimum Gasteiger partial charge on any atom is -0.398 e. The van der Waals surface area contributed by atoms with Crippen LogP contribution in [0.25, 0.3) is 22.3 Å². The van der Waals surface area contributed by atoms with Crippen LogP contribution in [0, 0.1) is 0 Å². The van der Waals surface area contributed by atoms with Crippen molar-refractivity contribution >= 4 is 21.6 Å². The molecule has 0 bridgehead atoms. The summed E-state index contributed by atoms with van der Waals surface area (Å²) >= 11 is 3.54. The van der Waals surface area contributed by atoms with Crippen LogP contribution in [0.2, 0.25) is 0 Å². The van der Waals surface area contributed by atoms with Gasteiger partial charge in [-0.15, -0.1) is 0 Å². The maximum atomic E-state index is 6.44. The molecule has 0 fully saturated rings. The lowest BCUT2D eigenvalue weighted by molar-refractivity contribution is 0.769. The number of nitrogen functional groups attached to an aromatic ring is 1. The number of halogens is 1. The molecule has 0 aliphatic heterocycles. The van der Waals surface area contributed by atoms with Crippen molar-refractivity contribution in [2.75, 3.05) is 5.73 Å². The number of benzene rings is 5. The number of anilines is 1. The Balaban J connectivity index is 1.72. The van der Waals surface area contributed by atoms with Crippen molar-refractivity contribution in [3.63, 3.8) is 0 Å². The molecule has 0 atom stereocenters. The third-order valence-electron chi connectivity index (χ3n) is 6.78. The molecule has 33 heavy (non-hydrogen) atoms. The van der Waals surface area contributed by atoms with Gasteiger partial charge in [-0.1, -0.05) is 119 Å². The summed E-state index contributed by atoms with van der Waals surface area (Å²) in [5.41, 5.74) is 16.7. The molecule has 5 aromatic rings. The molecule has 6 rings (SSSR count). The summed E-state index contributed by atoms with van der Waals surface area (Å²) in [6.07, 6.45) is 0. The molecule has 2 N–H and O–H groups in total. The molecule has 0 saturated heterocycles. The van der Waals surface area contributed by atoms with Gasteiger partial charge in [0, 0.05) is 15.7 Å². The van der Waals surface area contributed by atoms with Gasteiger partial charge in [-0.3, -0.25) is 0 Å². The van der Waals surface area contributed by atoms with Crippen LogP contribution >= 0.6 is 15.9 Å². The van der Waals surface area contributed by atoms with Gasteiger partial charge in [0.05, 0.1) is 5.41 Å². The fourth-order valence-corrected chi connectivity index (χ4v) is 5.79. The van der Waals surface area contributed by atoms with Crippen molar-refractivity contribution in [3.05, 3.63) is 148 Å². The Morgan fingerprint density at radius 1 is 0.515 bits per heavy atom. The van der Waals surface area contributed by atoms with E-state index in [0.717, 1.165) is 21.3 Å². The van der Waals surface area contributed by atoms with E-state index in [-0.39, 0.29) is 0 Å². The van der Waals surface area contributed by atoms with E-state index in [9.17, 15) is 0 Å². The third kappa shape index (κ3) is 2.98. The van der Waals surface area contributed by atoms with Gasteiger partial charge < -0.3 is 5.73 Å². The third-order valence-corrected chi connectivity index (χ3v) is 7.28. The summed E-state index contributed by atoms with van der Waals surface area (Å²) in [6.45, 7) is 0. The Labute approximate surface area is 202 Å². The van der Waals surface area contributed by atoms with Crippen molar-refractivity contribution < 1.29 is 0 Å². The van der Waals surface area contributed by atoms with Crippen LogP contribution in [0.15, 0.2) is 126 Å². The molecule has 0 aromatic heterocycles. The molecule has 1 aliphatic carbocycles. The van der Waals surface area contributed by atoms with Crippen molar-refractivity contribution in [3.8, 4) is 22.3 Å². The highest BCUT2D eigenvalue weighted by Crippen LogP contribution is 2.56. The second-order valence-corrected chi connectivity index (χ2v) is 9.44. The van der Waals surface area contributed by atoms with E-state index in [1.54, 1.807) is 0 Å². The van der Waals surface area contributed by atoms with Crippen LogP contribution < -0.4 is 5.73 Å². The fraction of sp³-hybridized carbons (Fsp3) is 0.0323. The summed E-state index contributed by atoms with van der Waals surface area (Å²) in [5, 5.41) is 0. The van der Waals surface area contributed by atoms with Gasteiger partial charge >= 0.3 is 0 Å². The smallest absolute Gasteiger partial charge is 0.0713 e. The number of hydrogen-bond donors (Lipinski definition) is 1. The quantitative estimate of drug-likeness (QED) is 0.251.